The van der Waals surface area contributed by atoms with Crippen LogP contribution in [-0.2, 0) is 16.1 Å². The second-order valence-electron chi connectivity index (χ2n) is 7.66. The topological polar surface area (TPSA) is 99.1 Å². The van der Waals surface area contributed by atoms with Gasteiger partial charge in [-0.3, -0.25) is 14.5 Å². The minimum Gasteiger partial charge on any atom is -0.478 e. The highest BCUT2D eigenvalue weighted by atomic mass is 35.5. The van der Waals surface area contributed by atoms with Gasteiger partial charge in [-0.15, -0.1) is 0 Å². The van der Waals surface area contributed by atoms with Crippen LogP contribution < -0.4 is 5.32 Å². The molecule has 0 radical (unpaired) electrons. The lowest BCUT2D eigenvalue weighted by Crippen LogP contribution is -2.44. The summed E-state index contributed by atoms with van der Waals surface area (Å²) in [6.45, 7) is 0.278. The van der Waals surface area contributed by atoms with Crippen molar-refractivity contribution >= 4 is 69.3 Å². The Labute approximate surface area is 215 Å². The molecular formula is C25H19Cl2N3O4S. The largest absolute Gasteiger partial charge is 0.478 e. The maximum atomic E-state index is 13.1. The summed E-state index contributed by atoms with van der Waals surface area (Å²) < 4.78 is 0. The Balaban J connectivity index is 1.57. The second-order valence-corrected chi connectivity index (χ2v) is 9.70. The number of nitrogens with zero attached hydrogens (tertiary/aromatic N) is 2. The molecular weight excluding hydrogens is 509 g/mol. The summed E-state index contributed by atoms with van der Waals surface area (Å²) in [5, 5.41) is 12.6. The van der Waals surface area contributed by atoms with Crippen molar-refractivity contribution in [1.29, 1.82) is 0 Å². The van der Waals surface area contributed by atoms with Gasteiger partial charge in [0, 0.05) is 22.2 Å². The standard InChI is InChI=1S/C25H19Cl2N3O4S/c26-17-5-1-15(2-6-17)14-30-22(31)13-21(35-25(30)29-20-11-7-18(27)8-12-20)23(32)28-19-9-3-16(4-10-19)24(33)34/h1-12,21H,13-14H2,(H,28,32)(H,33,34)/t21-/m1/s1. The van der Waals surface area contributed by atoms with Crippen molar-refractivity contribution in [2.75, 3.05) is 5.32 Å². The molecule has 2 N–H and O–H groups in total. The van der Waals surface area contributed by atoms with E-state index in [1.807, 2.05) is 12.1 Å². The fourth-order valence-corrected chi connectivity index (χ4v) is 4.66. The lowest BCUT2D eigenvalue weighted by Gasteiger charge is -2.32. The van der Waals surface area contributed by atoms with Crippen molar-refractivity contribution in [3.8, 4) is 0 Å². The Morgan fingerprint density at radius 2 is 1.57 bits per heavy atom. The van der Waals surface area contributed by atoms with Crippen molar-refractivity contribution in [2.45, 2.75) is 18.2 Å². The molecule has 0 aromatic heterocycles. The molecule has 1 saturated heterocycles. The molecule has 10 heteroatoms. The number of hydrogen-bond acceptors (Lipinski definition) is 5. The van der Waals surface area contributed by atoms with Crippen molar-refractivity contribution in [3.63, 3.8) is 0 Å². The molecule has 0 spiro atoms. The normalized spacial score (nSPS) is 16.9. The van der Waals surface area contributed by atoms with Gasteiger partial charge in [-0.25, -0.2) is 9.79 Å². The number of anilines is 1. The quantitative estimate of drug-likeness (QED) is 0.418. The summed E-state index contributed by atoms with van der Waals surface area (Å²) in [6.07, 6.45) is -0.0169. The number of rotatable bonds is 6. The number of carboxylic acid groups (broad SMARTS) is 1. The van der Waals surface area contributed by atoms with E-state index in [0.29, 0.717) is 26.6 Å². The van der Waals surface area contributed by atoms with Gasteiger partial charge in [-0.1, -0.05) is 47.1 Å². The molecule has 35 heavy (non-hydrogen) atoms. The number of carboxylic acids is 1. The summed E-state index contributed by atoms with van der Waals surface area (Å²) in [5.41, 5.74) is 2.01. The maximum Gasteiger partial charge on any atom is 0.335 e. The second kappa shape index (κ2) is 10.9. The number of aliphatic imine (C=N–C) groups is 1. The third kappa shape index (κ3) is 6.42. The predicted octanol–water partition coefficient (Wildman–Crippen LogP) is 5.85. The first-order valence-electron chi connectivity index (χ1n) is 10.5. The lowest BCUT2D eigenvalue weighted by atomic mass is 10.2. The van der Waals surface area contributed by atoms with Crippen molar-refractivity contribution in [2.24, 2.45) is 4.99 Å². The van der Waals surface area contributed by atoms with E-state index in [9.17, 15) is 14.4 Å². The number of hydrogen-bond donors (Lipinski definition) is 2. The van der Waals surface area contributed by atoms with Crippen LogP contribution in [0.4, 0.5) is 11.4 Å². The molecule has 1 heterocycles. The zero-order valence-electron chi connectivity index (χ0n) is 18.2. The van der Waals surface area contributed by atoms with Crippen LogP contribution in [0.5, 0.6) is 0 Å². The Bertz CT molecular complexity index is 1280. The van der Waals surface area contributed by atoms with Gasteiger partial charge in [-0.2, -0.15) is 0 Å². The fourth-order valence-electron chi connectivity index (χ4n) is 3.31. The van der Waals surface area contributed by atoms with Gasteiger partial charge >= 0.3 is 5.97 Å². The van der Waals surface area contributed by atoms with E-state index in [2.05, 4.69) is 10.3 Å². The average molecular weight is 528 g/mol. The molecule has 1 aliphatic heterocycles. The van der Waals surface area contributed by atoms with Crippen LogP contribution in [0.3, 0.4) is 0 Å². The van der Waals surface area contributed by atoms with Gasteiger partial charge in [0.15, 0.2) is 5.17 Å². The number of thioether (sulfide) groups is 1. The fraction of sp³-hybridized carbons (Fsp3) is 0.120. The van der Waals surface area contributed by atoms with Gasteiger partial charge in [0.1, 0.15) is 5.25 Å². The van der Waals surface area contributed by atoms with Crippen LogP contribution >= 0.6 is 35.0 Å². The maximum absolute atomic E-state index is 13.1. The van der Waals surface area contributed by atoms with E-state index in [1.54, 1.807) is 41.3 Å². The van der Waals surface area contributed by atoms with E-state index < -0.39 is 11.2 Å². The summed E-state index contributed by atoms with van der Waals surface area (Å²) in [5.74, 6) is -1.67. The highest BCUT2D eigenvalue weighted by Crippen LogP contribution is 2.31. The third-order valence-electron chi connectivity index (χ3n) is 5.14. The number of carbonyl (C=O) groups is 3. The molecule has 7 nitrogen and oxygen atoms in total. The molecule has 3 aromatic carbocycles. The van der Waals surface area contributed by atoms with E-state index in [4.69, 9.17) is 28.3 Å². The van der Waals surface area contributed by atoms with E-state index in [-0.39, 0.29) is 30.3 Å². The van der Waals surface area contributed by atoms with Gasteiger partial charge in [0.05, 0.1) is 17.8 Å². The zero-order chi connectivity index (χ0) is 24.9. The Morgan fingerprint density at radius 1 is 0.971 bits per heavy atom. The number of aromatic carboxylic acids is 1. The molecule has 2 amide bonds. The number of amidine groups is 1. The molecule has 1 aliphatic rings. The van der Waals surface area contributed by atoms with Gasteiger partial charge in [-0.05, 0) is 66.2 Å². The molecule has 1 fully saturated rings. The first-order chi connectivity index (χ1) is 16.8. The number of carbonyl (C=O) groups excluding carboxylic acids is 2. The van der Waals surface area contributed by atoms with Crippen molar-refractivity contribution in [3.05, 3.63) is 94.0 Å². The number of amides is 2. The zero-order valence-corrected chi connectivity index (χ0v) is 20.5. The van der Waals surface area contributed by atoms with E-state index in [0.717, 1.165) is 5.56 Å². The summed E-state index contributed by atoms with van der Waals surface area (Å²) >= 11 is 13.2. The van der Waals surface area contributed by atoms with Crippen LogP contribution in [0, 0.1) is 0 Å². The molecule has 3 aromatic rings. The van der Waals surface area contributed by atoms with Crippen LogP contribution in [-0.4, -0.2) is 38.2 Å². The van der Waals surface area contributed by atoms with Crippen molar-refractivity contribution in [1.82, 2.24) is 4.90 Å². The monoisotopic (exact) mass is 527 g/mol. The number of benzene rings is 3. The van der Waals surface area contributed by atoms with Gasteiger partial charge in [0.2, 0.25) is 11.8 Å². The van der Waals surface area contributed by atoms with Crippen LogP contribution in [0.1, 0.15) is 22.3 Å². The molecule has 0 aliphatic carbocycles. The minimum atomic E-state index is -1.06. The molecule has 0 unspecified atom stereocenters. The van der Waals surface area contributed by atoms with Crippen LogP contribution in [0.15, 0.2) is 77.8 Å². The van der Waals surface area contributed by atoms with Crippen LogP contribution in [0.2, 0.25) is 10.0 Å². The highest BCUT2D eigenvalue weighted by molar-refractivity contribution is 8.15. The predicted molar refractivity (Wildman–Crippen MR) is 139 cm³/mol. The average Bonchev–Trinajstić information content (AvgIpc) is 2.84. The lowest BCUT2D eigenvalue weighted by molar-refractivity contribution is -0.129. The Kier molecular flexibility index (Phi) is 7.75. The first kappa shape index (κ1) is 24.8. The number of nitrogens with one attached hydrogen (secondary N) is 1. The summed E-state index contributed by atoms with van der Waals surface area (Å²) in [6, 6.07) is 19.8. The van der Waals surface area contributed by atoms with E-state index >= 15 is 0 Å². The van der Waals surface area contributed by atoms with Crippen molar-refractivity contribution < 1.29 is 19.5 Å². The number of halogens is 2. The minimum absolute atomic E-state index is 0.0169. The highest BCUT2D eigenvalue weighted by Gasteiger charge is 2.36. The van der Waals surface area contributed by atoms with Gasteiger partial charge in [0.25, 0.3) is 0 Å². The molecule has 0 saturated carbocycles. The smallest absolute Gasteiger partial charge is 0.335 e. The van der Waals surface area contributed by atoms with Crippen LogP contribution in [0.25, 0.3) is 0 Å². The molecule has 0 bridgehead atoms. The van der Waals surface area contributed by atoms with E-state index in [1.165, 1.54) is 36.0 Å². The summed E-state index contributed by atoms with van der Waals surface area (Å²) in [7, 11) is 0. The first-order valence-corrected chi connectivity index (χ1v) is 12.1. The third-order valence-corrected chi connectivity index (χ3v) is 6.83. The van der Waals surface area contributed by atoms with Gasteiger partial charge < -0.3 is 10.4 Å². The molecule has 4 rings (SSSR count). The molecule has 178 valence electrons. The SMILES string of the molecule is O=C(O)c1ccc(NC(=O)[C@H]2CC(=O)N(Cc3ccc(Cl)cc3)C(=Nc3ccc(Cl)cc3)S2)cc1. The summed E-state index contributed by atoms with van der Waals surface area (Å²) in [4.78, 5) is 43.3. The Hall–Kier alpha value is -3.33. The molecule has 1 atom stereocenters. The Morgan fingerprint density at radius 3 is 2.17 bits per heavy atom.